The average molecular weight is 391 g/mol. The number of carbonyl (C=O) groups excluding carboxylic acids is 1. The molecule has 7 heteroatoms. The summed E-state index contributed by atoms with van der Waals surface area (Å²) in [6.45, 7) is 0.737. The zero-order valence-corrected chi connectivity index (χ0v) is 15.9. The van der Waals surface area contributed by atoms with Gasteiger partial charge in [0.15, 0.2) is 0 Å². The van der Waals surface area contributed by atoms with Crippen molar-refractivity contribution in [1.82, 2.24) is 14.7 Å². The standard InChI is InChI=1S/C21H24F3N3O/c1-26-19(15-8-10-16(11-9-15)21(22,23)24)17(13-25-26)20(28)27-12-4-6-14-5-2-3-7-18(14)27/h8-11,13-14,18H,2-7,12H2,1H3. The van der Waals surface area contributed by atoms with Crippen molar-refractivity contribution in [1.29, 1.82) is 0 Å². The largest absolute Gasteiger partial charge is 0.416 e. The normalized spacial score (nSPS) is 22.8. The maximum atomic E-state index is 13.4. The molecule has 1 aromatic heterocycles. The minimum atomic E-state index is -4.38. The molecule has 4 nitrogen and oxygen atoms in total. The SMILES string of the molecule is Cn1ncc(C(=O)N2CCCC3CCCCC32)c1-c1ccc(C(F)(F)F)cc1. The minimum Gasteiger partial charge on any atom is -0.335 e. The molecule has 4 rings (SSSR count). The van der Waals surface area contributed by atoms with Crippen molar-refractivity contribution in [2.24, 2.45) is 13.0 Å². The Labute approximate surface area is 162 Å². The summed E-state index contributed by atoms with van der Waals surface area (Å²) in [6, 6.07) is 5.20. The number of hydrogen-bond donors (Lipinski definition) is 0. The van der Waals surface area contributed by atoms with E-state index in [0.717, 1.165) is 37.9 Å². The Bertz CT molecular complexity index is 855. The van der Waals surface area contributed by atoms with Gasteiger partial charge in [0.1, 0.15) is 0 Å². The average Bonchev–Trinajstić information content (AvgIpc) is 3.08. The fourth-order valence-electron chi connectivity index (χ4n) is 4.79. The van der Waals surface area contributed by atoms with Crippen LogP contribution in [0.15, 0.2) is 30.5 Å². The van der Waals surface area contributed by atoms with E-state index in [-0.39, 0.29) is 11.9 Å². The topological polar surface area (TPSA) is 38.1 Å². The summed E-state index contributed by atoms with van der Waals surface area (Å²) < 4.78 is 40.2. The molecule has 2 atom stereocenters. The number of alkyl halides is 3. The second-order valence-electron chi connectivity index (χ2n) is 7.86. The summed E-state index contributed by atoms with van der Waals surface area (Å²) in [4.78, 5) is 15.4. The summed E-state index contributed by atoms with van der Waals surface area (Å²) in [7, 11) is 1.71. The lowest BCUT2D eigenvalue weighted by atomic mass is 9.78. The molecule has 150 valence electrons. The number of likely N-dealkylation sites (tertiary alicyclic amines) is 1. The molecule has 2 fully saturated rings. The Morgan fingerprint density at radius 2 is 1.75 bits per heavy atom. The fraction of sp³-hybridized carbons (Fsp3) is 0.524. The highest BCUT2D eigenvalue weighted by atomic mass is 19.4. The quantitative estimate of drug-likeness (QED) is 0.730. The number of benzene rings is 1. The molecule has 0 spiro atoms. The van der Waals surface area contributed by atoms with Gasteiger partial charge in [-0.2, -0.15) is 18.3 Å². The molecule has 2 aromatic rings. The van der Waals surface area contributed by atoms with Gasteiger partial charge >= 0.3 is 6.18 Å². The molecule has 1 amide bonds. The molecule has 0 N–H and O–H groups in total. The predicted octanol–water partition coefficient (Wildman–Crippen LogP) is 4.90. The summed E-state index contributed by atoms with van der Waals surface area (Å²) in [5.41, 5.74) is 0.895. The maximum absolute atomic E-state index is 13.4. The lowest BCUT2D eigenvalue weighted by Crippen LogP contribution is -2.49. The van der Waals surface area contributed by atoms with Crippen molar-refractivity contribution < 1.29 is 18.0 Å². The molecule has 2 unspecified atom stereocenters. The van der Waals surface area contributed by atoms with Crippen LogP contribution in [-0.2, 0) is 13.2 Å². The summed E-state index contributed by atoms with van der Waals surface area (Å²) in [6.07, 6.45) is 3.92. The van der Waals surface area contributed by atoms with Gasteiger partial charge in [-0.15, -0.1) is 0 Å². The monoisotopic (exact) mass is 391 g/mol. The molecule has 28 heavy (non-hydrogen) atoms. The molecule has 2 aliphatic rings. The fourth-order valence-corrected chi connectivity index (χ4v) is 4.79. The van der Waals surface area contributed by atoms with Crippen LogP contribution in [0.4, 0.5) is 13.2 Å². The lowest BCUT2D eigenvalue weighted by Gasteiger charge is -2.44. The highest BCUT2D eigenvalue weighted by Crippen LogP contribution is 2.37. The second kappa shape index (κ2) is 7.26. The first-order valence-corrected chi connectivity index (χ1v) is 9.87. The minimum absolute atomic E-state index is 0.0559. The van der Waals surface area contributed by atoms with Crippen molar-refractivity contribution in [2.75, 3.05) is 6.54 Å². The summed E-state index contributed by atoms with van der Waals surface area (Å²) in [5.74, 6) is 0.511. The molecule has 1 aliphatic heterocycles. The number of fused-ring (bicyclic) bond motifs is 1. The Morgan fingerprint density at radius 1 is 1.07 bits per heavy atom. The molecule has 1 aromatic carbocycles. The van der Waals surface area contributed by atoms with Crippen molar-refractivity contribution in [3.8, 4) is 11.3 Å². The maximum Gasteiger partial charge on any atom is 0.416 e. The first-order chi connectivity index (χ1) is 13.4. The number of rotatable bonds is 2. The van der Waals surface area contributed by atoms with Gasteiger partial charge in [0.05, 0.1) is 23.0 Å². The van der Waals surface area contributed by atoms with E-state index >= 15 is 0 Å². The first kappa shape index (κ1) is 19.0. The van der Waals surface area contributed by atoms with Crippen LogP contribution in [0.3, 0.4) is 0 Å². The Hall–Kier alpha value is -2.31. The van der Waals surface area contributed by atoms with Crippen LogP contribution < -0.4 is 0 Å². The van der Waals surface area contributed by atoms with Crippen LogP contribution in [0.1, 0.15) is 54.4 Å². The van der Waals surface area contributed by atoms with Gasteiger partial charge in [0.25, 0.3) is 5.91 Å². The molecule has 1 saturated carbocycles. The molecule has 0 radical (unpaired) electrons. The Kier molecular flexibility index (Phi) is 4.93. The van der Waals surface area contributed by atoms with E-state index in [1.165, 1.54) is 31.4 Å². The first-order valence-electron chi connectivity index (χ1n) is 9.87. The van der Waals surface area contributed by atoms with Gasteiger partial charge in [-0.25, -0.2) is 0 Å². The number of amides is 1. The second-order valence-corrected chi connectivity index (χ2v) is 7.86. The number of aryl methyl sites for hydroxylation is 1. The van der Waals surface area contributed by atoms with Crippen molar-refractivity contribution >= 4 is 5.91 Å². The van der Waals surface area contributed by atoms with Crippen LogP contribution in [-0.4, -0.2) is 33.2 Å². The van der Waals surface area contributed by atoms with Gasteiger partial charge in [-0.1, -0.05) is 25.0 Å². The Morgan fingerprint density at radius 3 is 2.46 bits per heavy atom. The number of carbonyl (C=O) groups is 1. The molecule has 1 saturated heterocycles. The van der Waals surface area contributed by atoms with Crippen LogP contribution in [0, 0.1) is 5.92 Å². The van der Waals surface area contributed by atoms with Gasteiger partial charge < -0.3 is 4.90 Å². The number of halogens is 3. The van der Waals surface area contributed by atoms with Crippen LogP contribution in [0.2, 0.25) is 0 Å². The van der Waals surface area contributed by atoms with Crippen LogP contribution >= 0.6 is 0 Å². The van der Waals surface area contributed by atoms with E-state index in [4.69, 9.17) is 0 Å². The van der Waals surface area contributed by atoms with Crippen LogP contribution in [0.25, 0.3) is 11.3 Å². The van der Waals surface area contributed by atoms with Crippen molar-refractivity contribution in [3.05, 3.63) is 41.6 Å². The smallest absolute Gasteiger partial charge is 0.335 e. The Balaban J connectivity index is 1.65. The van der Waals surface area contributed by atoms with E-state index in [1.807, 2.05) is 4.90 Å². The summed E-state index contributed by atoms with van der Waals surface area (Å²) in [5, 5.41) is 4.23. The zero-order chi connectivity index (χ0) is 19.9. The van der Waals surface area contributed by atoms with Crippen molar-refractivity contribution in [3.63, 3.8) is 0 Å². The van der Waals surface area contributed by atoms with Gasteiger partial charge in [-0.05, 0) is 43.7 Å². The van der Waals surface area contributed by atoms with E-state index in [2.05, 4.69) is 5.10 Å². The molecular formula is C21H24F3N3O. The third kappa shape index (κ3) is 3.42. The van der Waals surface area contributed by atoms with Gasteiger partial charge in [0.2, 0.25) is 0 Å². The van der Waals surface area contributed by atoms with E-state index in [9.17, 15) is 18.0 Å². The number of aromatic nitrogens is 2. The van der Waals surface area contributed by atoms with E-state index in [0.29, 0.717) is 22.7 Å². The van der Waals surface area contributed by atoms with Crippen LogP contribution in [0.5, 0.6) is 0 Å². The van der Waals surface area contributed by atoms with Gasteiger partial charge in [0, 0.05) is 25.2 Å². The molecule has 1 aliphatic carbocycles. The third-order valence-electron chi connectivity index (χ3n) is 6.16. The number of piperidine rings is 1. The third-order valence-corrected chi connectivity index (χ3v) is 6.16. The molecule has 0 bridgehead atoms. The summed E-state index contributed by atoms with van der Waals surface area (Å²) >= 11 is 0. The highest BCUT2D eigenvalue weighted by molar-refractivity contribution is 6.00. The van der Waals surface area contributed by atoms with E-state index < -0.39 is 11.7 Å². The van der Waals surface area contributed by atoms with E-state index in [1.54, 1.807) is 17.9 Å². The highest BCUT2D eigenvalue weighted by Gasteiger charge is 2.37. The molecular weight excluding hydrogens is 367 g/mol. The molecule has 2 heterocycles. The van der Waals surface area contributed by atoms with Gasteiger partial charge in [-0.3, -0.25) is 9.48 Å². The lowest BCUT2D eigenvalue weighted by molar-refractivity contribution is -0.137. The number of hydrogen-bond acceptors (Lipinski definition) is 2. The number of nitrogens with zero attached hydrogens (tertiary/aromatic N) is 3. The zero-order valence-electron chi connectivity index (χ0n) is 15.9. The predicted molar refractivity (Wildman–Crippen MR) is 99.7 cm³/mol. The van der Waals surface area contributed by atoms with Crippen molar-refractivity contribution in [2.45, 2.75) is 50.7 Å².